The molecule has 1 aliphatic carbocycles. The summed E-state index contributed by atoms with van der Waals surface area (Å²) in [4.78, 5) is 7.29. The minimum atomic E-state index is 0. The molecule has 2 rings (SSSR count). The van der Waals surface area contributed by atoms with Gasteiger partial charge in [-0.1, -0.05) is 6.92 Å². The number of nitrogens with zero attached hydrogens (tertiary/aromatic N) is 2. The van der Waals surface area contributed by atoms with E-state index in [1.165, 1.54) is 51.6 Å². The van der Waals surface area contributed by atoms with Crippen molar-refractivity contribution in [1.82, 2.24) is 15.5 Å². The molecule has 0 aromatic carbocycles. The van der Waals surface area contributed by atoms with Crippen molar-refractivity contribution in [2.45, 2.75) is 58.4 Å². The van der Waals surface area contributed by atoms with Crippen LogP contribution in [0.1, 0.15) is 52.4 Å². The van der Waals surface area contributed by atoms with Gasteiger partial charge in [0.1, 0.15) is 0 Å². The lowest BCUT2D eigenvalue weighted by atomic mass is 9.87. The summed E-state index contributed by atoms with van der Waals surface area (Å²) < 4.78 is 0. The lowest BCUT2D eigenvalue weighted by Gasteiger charge is -2.30. The van der Waals surface area contributed by atoms with Crippen molar-refractivity contribution in [2.24, 2.45) is 16.8 Å². The van der Waals surface area contributed by atoms with E-state index in [2.05, 4.69) is 36.4 Å². The van der Waals surface area contributed by atoms with Crippen LogP contribution in [0, 0.1) is 11.8 Å². The van der Waals surface area contributed by atoms with E-state index in [1.54, 1.807) is 0 Å². The Bertz CT molecular complexity index is 327. The second kappa shape index (κ2) is 10.7. The molecule has 0 spiro atoms. The zero-order valence-corrected chi connectivity index (χ0v) is 16.9. The minimum absolute atomic E-state index is 0. The molecule has 2 aliphatic rings. The van der Waals surface area contributed by atoms with Crippen LogP contribution in [0.3, 0.4) is 0 Å². The topological polar surface area (TPSA) is 39.7 Å². The van der Waals surface area contributed by atoms with Crippen LogP contribution in [0.4, 0.5) is 0 Å². The number of guanidine groups is 1. The third kappa shape index (κ3) is 7.02. The van der Waals surface area contributed by atoms with Gasteiger partial charge in [-0.2, -0.15) is 0 Å². The zero-order chi connectivity index (χ0) is 15.1. The lowest BCUT2D eigenvalue weighted by Crippen LogP contribution is -2.45. The van der Waals surface area contributed by atoms with Crippen molar-refractivity contribution >= 4 is 29.9 Å². The summed E-state index contributed by atoms with van der Waals surface area (Å²) in [5, 5.41) is 7.07. The molecule has 0 aromatic heterocycles. The quantitative estimate of drug-likeness (QED) is 0.416. The van der Waals surface area contributed by atoms with Gasteiger partial charge in [0.15, 0.2) is 5.96 Å². The Kier molecular flexibility index (Phi) is 9.71. The molecule has 1 saturated heterocycles. The van der Waals surface area contributed by atoms with Crippen LogP contribution in [0.15, 0.2) is 4.99 Å². The molecule has 1 saturated carbocycles. The summed E-state index contributed by atoms with van der Waals surface area (Å²) in [6.07, 6.45) is 7.93. The third-order valence-electron chi connectivity index (χ3n) is 4.93. The molecule has 2 N–H and O–H groups in total. The molecule has 1 atom stereocenters. The molecule has 2 fully saturated rings. The summed E-state index contributed by atoms with van der Waals surface area (Å²) in [6, 6.07) is 0.619. The number of nitrogens with one attached hydrogen (secondary N) is 2. The molecule has 4 nitrogen and oxygen atoms in total. The summed E-state index contributed by atoms with van der Waals surface area (Å²) >= 11 is 0. The molecule has 0 radical (unpaired) electrons. The van der Waals surface area contributed by atoms with E-state index < -0.39 is 0 Å². The molecule has 5 heteroatoms. The van der Waals surface area contributed by atoms with Crippen LogP contribution >= 0.6 is 24.0 Å². The number of hydrogen-bond acceptors (Lipinski definition) is 2. The van der Waals surface area contributed by atoms with E-state index in [0.29, 0.717) is 6.04 Å². The first-order chi connectivity index (χ1) is 10.2. The van der Waals surface area contributed by atoms with E-state index in [-0.39, 0.29) is 24.0 Å². The van der Waals surface area contributed by atoms with E-state index in [0.717, 1.165) is 30.9 Å². The van der Waals surface area contributed by atoms with Gasteiger partial charge in [-0.3, -0.25) is 4.99 Å². The van der Waals surface area contributed by atoms with Gasteiger partial charge in [0.25, 0.3) is 0 Å². The number of likely N-dealkylation sites (tertiary alicyclic amines) is 1. The molecular formula is C17H35IN4. The normalized spacial score (nSPS) is 30.5. The van der Waals surface area contributed by atoms with E-state index in [1.807, 2.05) is 0 Å². The fraction of sp³-hybridized carbons (Fsp3) is 0.941. The van der Waals surface area contributed by atoms with Gasteiger partial charge >= 0.3 is 0 Å². The Hall–Kier alpha value is -0.0400. The monoisotopic (exact) mass is 422 g/mol. The zero-order valence-electron chi connectivity index (χ0n) is 14.6. The summed E-state index contributed by atoms with van der Waals surface area (Å²) in [5.41, 5.74) is 0. The Morgan fingerprint density at radius 1 is 1.18 bits per heavy atom. The number of hydrogen-bond donors (Lipinski definition) is 2. The van der Waals surface area contributed by atoms with Gasteiger partial charge in [0.2, 0.25) is 0 Å². The highest BCUT2D eigenvalue weighted by Crippen LogP contribution is 2.23. The van der Waals surface area contributed by atoms with Crippen LogP contribution in [0.5, 0.6) is 0 Å². The lowest BCUT2D eigenvalue weighted by molar-refractivity contribution is 0.214. The Morgan fingerprint density at radius 2 is 1.91 bits per heavy atom. The second-order valence-electron chi connectivity index (χ2n) is 7.09. The van der Waals surface area contributed by atoms with Crippen LogP contribution in [0.2, 0.25) is 0 Å². The predicted molar refractivity (Wildman–Crippen MR) is 106 cm³/mol. The van der Waals surface area contributed by atoms with Crippen molar-refractivity contribution in [3.63, 3.8) is 0 Å². The first-order valence-electron chi connectivity index (χ1n) is 8.90. The summed E-state index contributed by atoms with van der Waals surface area (Å²) in [5.74, 6) is 2.66. The van der Waals surface area contributed by atoms with Gasteiger partial charge in [-0.15, -0.1) is 24.0 Å². The molecule has 130 valence electrons. The molecular weight excluding hydrogens is 387 g/mol. The Balaban J connectivity index is 0.00000242. The van der Waals surface area contributed by atoms with E-state index >= 15 is 0 Å². The van der Waals surface area contributed by atoms with Crippen LogP contribution < -0.4 is 10.6 Å². The van der Waals surface area contributed by atoms with Crippen molar-refractivity contribution in [3.05, 3.63) is 0 Å². The number of aliphatic imine (C=N–C) groups is 1. The van der Waals surface area contributed by atoms with Gasteiger partial charge in [-0.25, -0.2) is 0 Å². The predicted octanol–water partition coefficient (Wildman–Crippen LogP) is 3.08. The van der Waals surface area contributed by atoms with Gasteiger partial charge in [0.05, 0.1) is 0 Å². The minimum Gasteiger partial charge on any atom is -0.357 e. The summed E-state index contributed by atoms with van der Waals surface area (Å²) in [6.45, 7) is 8.87. The molecule has 0 aromatic rings. The first-order valence-corrected chi connectivity index (χ1v) is 8.90. The second-order valence-corrected chi connectivity index (χ2v) is 7.09. The van der Waals surface area contributed by atoms with Crippen LogP contribution in [0.25, 0.3) is 0 Å². The first kappa shape index (κ1) is 20.0. The average molecular weight is 422 g/mol. The highest BCUT2D eigenvalue weighted by molar-refractivity contribution is 14.0. The van der Waals surface area contributed by atoms with Crippen molar-refractivity contribution in [3.8, 4) is 0 Å². The van der Waals surface area contributed by atoms with E-state index in [9.17, 15) is 0 Å². The highest BCUT2D eigenvalue weighted by atomic mass is 127. The van der Waals surface area contributed by atoms with Crippen LogP contribution in [-0.4, -0.2) is 50.1 Å². The maximum absolute atomic E-state index is 4.85. The van der Waals surface area contributed by atoms with E-state index in [4.69, 9.17) is 4.99 Å². The average Bonchev–Trinajstić information content (AvgIpc) is 2.47. The molecule has 1 unspecified atom stereocenters. The van der Waals surface area contributed by atoms with Gasteiger partial charge in [0, 0.05) is 25.7 Å². The SMILES string of the molecule is CCNC(=NCC1CCCN(C)C1)NC1CCC(C)CC1.I. The standard InChI is InChI=1S/C17H34N4.HI/c1-4-18-17(20-16-9-7-14(2)8-10-16)19-12-15-6-5-11-21(3)13-15;/h14-16H,4-13H2,1-3H3,(H2,18,19,20);1H. The van der Waals surface area contributed by atoms with Gasteiger partial charge < -0.3 is 15.5 Å². The highest BCUT2D eigenvalue weighted by Gasteiger charge is 2.20. The fourth-order valence-electron chi connectivity index (χ4n) is 3.56. The van der Waals surface area contributed by atoms with Crippen LogP contribution in [-0.2, 0) is 0 Å². The van der Waals surface area contributed by atoms with Crippen molar-refractivity contribution in [1.29, 1.82) is 0 Å². The molecule has 0 amide bonds. The number of piperidine rings is 1. The largest absolute Gasteiger partial charge is 0.357 e. The van der Waals surface area contributed by atoms with Crippen molar-refractivity contribution in [2.75, 3.05) is 33.2 Å². The maximum Gasteiger partial charge on any atom is 0.191 e. The molecule has 0 bridgehead atoms. The summed E-state index contributed by atoms with van der Waals surface area (Å²) in [7, 11) is 2.22. The Labute approximate surface area is 153 Å². The molecule has 1 heterocycles. The molecule has 22 heavy (non-hydrogen) atoms. The molecule has 1 aliphatic heterocycles. The smallest absolute Gasteiger partial charge is 0.191 e. The number of rotatable bonds is 4. The fourth-order valence-corrected chi connectivity index (χ4v) is 3.56. The third-order valence-corrected chi connectivity index (χ3v) is 4.93. The maximum atomic E-state index is 4.85. The van der Waals surface area contributed by atoms with Crippen molar-refractivity contribution < 1.29 is 0 Å². The van der Waals surface area contributed by atoms with Gasteiger partial charge in [-0.05, 0) is 70.9 Å². The Morgan fingerprint density at radius 3 is 2.55 bits per heavy atom. The number of halogens is 1.